The summed E-state index contributed by atoms with van der Waals surface area (Å²) in [5, 5.41) is 22.6. The number of alkyl halides is 3. The van der Waals surface area contributed by atoms with E-state index in [0.29, 0.717) is 0 Å². The highest BCUT2D eigenvalue weighted by Crippen LogP contribution is 2.27. The molecule has 14 heteroatoms. The summed E-state index contributed by atoms with van der Waals surface area (Å²) in [4.78, 5) is 48.4. The van der Waals surface area contributed by atoms with Gasteiger partial charge in [0.25, 0.3) is 5.56 Å². The molecular formula is C15H19F3N4O7. The number of hydrogen-bond donors (Lipinski definition) is 5. The number of nitrogens with zero attached hydrogens (tertiary/aromatic N) is 1. The average Bonchev–Trinajstić information content (AvgIpc) is 3.00. The van der Waals surface area contributed by atoms with Crippen molar-refractivity contribution in [2.75, 3.05) is 19.7 Å². The first-order valence-corrected chi connectivity index (χ1v) is 8.43. The predicted octanol–water partition coefficient (Wildman–Crippen LogP) is -2.49. The normalized spacial score (nSPS) is 21.8. The van der Waals surface area contributed by atoms with E-state index in [9.17, 15) is 37.5 Å². The van der Waals surface area contributed by atoms with E-state index in [2.05, 4.69) is 5.32 Å². The molecular weight excluding hydrogens is 405 g/mol. The lowest BCUT2D eigenvalue weighted by molar-refractivity contribution is -0.173. The fourth-order valence-corrected chi connectivity index (χ4v) is 2.63. The summed E-state index contributed by atoms with van der Waals surface area (Å²) >= 11 is 0. The maximum absolute atomic E-state index is 12.0. The van der Waals surface area contributed by atoms with Gasteiger partial charge < -0.3 is 25.6 Å². The Labute approximate surface area is 160 Å². The quantitative estimate of drug-likeness (QED) is 0.303. The number of ether oxygens (including phenoxy) is 1. The minimum absolute atomic E-state index is 0.0261. The van der Waals surface area contributed by atoms with Crippen LogP contribution in [0.4, 0.5) is 13.2 Å². The van der Waals surface area contributed by atoms with Gasteiger partial charge in [0.2, 0.25) is 5.91 Å². The Bertz CT molecular complexity index is 867. The highest BCUT2D eigenvalue weighted by molar-refractivity contribution is 5.81. The zero-order valence-corrected chi connectivity index (χ0v) is 14.9. The molecule has 5 N–H and O–H groups in total. The highest BCUT2D eigenvalue weighted by atomic mass is 19.4. The molecule has 1 fully saturated rings. The molecule has 0 aromatic carbocycles. The van der Waals surface area contributed by atoms with Gasteiger partial charge in [-0.25, -0.2) is 4.79 Å². The summed E-state index contributed by atoms with van der Waals surface area (Å²) < 4.78 is 42.4. The van der Waals surface area contributed by atoms with Gasteiger partial charge in [0.05, 0.1) is 19.1 Å². The first-order valence-electron chi connectivity index (χ1n) is 8.43. The van der Waals surface area contributed by atoms with Crippen LogP contribution in [0.25, 0.3) is 0 Å². The molecule has 0 saturated carbocycles. The topological polar surface area (TPSA) is 163 Å². The maximum atomic E-state index is 12.0. The van der Waals surface area contributed by atoms with Crippen LogP contribution in [0.15, 0.2) is 15.8 Å². The van der Waals surface area contributed by atoms with Crippen molar-refractivity contribution in [1.82, 2.24) is 20.2 Å². The van der Waals surface area contributed by atoms with Gasteiger partial charge in [0, 0.05) is 31.3 Å². The zero-order chi connectivity index (χ0) is 21.8. The van der Waals surface area contributed by atoms with E-state index in [1.165, 1.54) is 0 Å². The molecule has 0 bridgehead atoms. The average molecular weight is 424 g/mol. The maximum Gasteiger partial charge on any atom is 0.471 e. The Hall–Kier alpha value is -2.71. The van der Waals surface area contributed by atoms with E-state index in [0.717, 1.165) is 10.8 Å². The number of amides is 2. The summed E-state index contributed by atoms with van der Waals surface area (Å²) in [5.41, 5.74) is -1.82. The Morgan fingerprint density at radius 1 is 1.28 bits per heavy atom. The molecule has 0 aliphatic carbocycles. The van der Waals surface area contributed by atoms with Gasteiger partial charge in [-0.3, -0.25) is 23.9 Å². The molecule has 3 atom stereocenters. The number of nitrogens with one attached hydrogen (secondary N) is 3. The number of carbonyl (C=O) groups is 2. The van der Waals surface area contributed by atoms with Crippen LogP contribution in [0.1, 0.15) is 18.2 Å². The van der Waals surface area contributed by atoms with Gasteiger partial charge in [0.15, 0.2) is 0 Å². The van der Waals surface area contributed by atoms with Crippen LogP contribution < -0.4 is 21.9 Å². The number of aromatic nitrogens is 2. The van der Waals surface area contributed by atoms with E-state index in [-0.39, 0.29) is 18.5 Å². The molecule has 0 radical (unpaired) electrons. The van der Waals surface area contributed by atoms with Gasteiger partial charge in [-0.05, 0) is 0 Å². The number of aromatic amines is 1. The molecule has 2 amide bonds. The van der Waals surface area contributed by atoms with Gasteiger partial charge in [-0.15, -0.1) is 0 Å². The van der Waals surface area contributed by atoms with Crippen LogP contribution in [-0.2, 0) is 20.7 Å². The third kappa shape index (κ3) is 5.88. The van der Waals surface area contributed by atoms with Crippen LogP contribution in [0, 0.1) is 0 Å². The van der Waals surface area contributed by atoms with Crippen molar-refractivity contribution in [3.8, 4) is 0 Å². The number of H-pyrrole nitrogens is 1. The molecule has 2 heterocycles. The Morgan fingerprint density at radius 3 is 2.52 bits per heavy atom. The standard InChI is InChI=1S/C15H19F3N4O7/c16-15(17,18)13(27)20-2-1-19-10(25)3-7-5-22(14(28)21-12(7)26)11-4-8(24)9(6-23)29-11/h5,8-9,11,23-24H,1-4,6H2,(H,19,25)(H,20,27)(H,21,26,28)/t8-,9+,11+/m0/s1. The number of aliphatic hydroxyl groups excluding tert-OH is 2. The summed E-state index contributed by atoms with van der Waals surface area (Å²) in [6, 6.07) is 0. The molecule has 29 heavy (non-hydrogen) atoms. The number of halogens is 3. The second kappa shape index (κ2) is 9.19. The van der Waals surface area contributed by atoms with Crippen molar-refractivity contribution < 1.29 is 37.7 Å². The summed E-state index contributed by atoms with van der Waals surface area (Å²) in [5.74, 6) is -2.88. The lowest BCUT2D eigenvalue weighted by atomic mass is 10.2. The lowest BCUT2D eigenvalue weighted by Crippen LogP contribution is -2.42. The Kier molecular flexibility index (Phi) is 7.16. The van der Waals surface area contributed by atoms with Crippen LogP contribution in [0.5, 0.6) is 0 Å². The summed E-state index contributed by atoms with van der Waals surface area (Å²) in [6.07, 6.45) is -7.38. The third-order valence-electron chi connectivity index (χ3n) is 4.08. The SMILES string of the molecule is O=C(Cc1cn([C@H]2C[C@H](O)[C@@H](CO)O2)c(=O)[nH]c1=O)NCCNC(=O)C(F)(F)F. The second-order valence-corrected chi connectivity index (χ2v) is 6.22. The van der Waals surface area contributed by atoms with Crippen molar-refractivity contribution in [2.24, 2.45) is 0 Å². The van der Waals surface area contributed by atoms with E-state index in [1.54, 1.807) is 5.32 Å². The van der Waals surface area contributed by atoms with Gasteiger partial charge in [-0.2, -0.15) is 13.2 Å². The van der Waals surface area contributed by atoms with Crippen molar-refractivity contribution >= 4 is 11.8 Å². The van der Waals surface area contributed by atoms with Crippen molar-refractivity contribution in [2.45, 2.75) is 37.5 Å². The van der Waals surface area contributed by atoms with Crippen molar-refractivity contribution in [3.05, 3.63) is 32.6 Å². The van der Waals surface area contributed by atoms with Gasteiger partial charge in [-0.1, -0.05) is 0 Å². The second-order valence-electron chi connectivity index (χ2n) is 6.22. The highest BCUT2D eigenvalue weighted by Gasteiger charge is 2.38. The molecule has 11 nitrogen and oxygen atoms in total. The first-order chi connectivity index (χ1) is 13.5. The molecule has 1 saturated heterocycles. The predicted molar refractivity (Wildman–Crippen MR) is 88.7 cm³/mol. The molecule has 1 aromatic heterocycles. The molecule has 2 rings (SSSR count). The number of hydrogen-bond acceptors (Lipinski definition) is 7. The Morgan fingerprint density at radius 2 is 1.93 bits per heavy atom. The van der Waals surface area contributed by atoms with Crippen molar-refractivity contribution in [1.29, 1.82) is 0 Å². The first kappa shape index (κ1) is 22.6. The molecule has 1 aliphatic rings. The summed E-state index contributed by atoms with van der Waals surface area (Å²) in [7, 11) is 0. The number of carbonyl (C=O) groups excluding carboxylic acids is 2. The van der Waals surface area contributed by atoms with Crippen LogP contribution >= 0.6 is 0 Å². The van der Waals surface area contributed by atoms with E-state index >= 15 is 0 Å². The fourth-order valence-electron chi connectivity index (χ4n) is 2.63. The van der Waals surface area contributed by atoms with E-state index < -0.39 is 67.2 Å². The molecule has 0 spiro atoms. The molecule has 1 aromatic rings. The monoisotopic (exact) mass is 424 g/mol. The van der Waals surface area contributed by atoms with Crippen LogP contribution in [0.3, 0.4) is 0 Å². The minimum Gasteiger partial charge on any atom is -0.394 e. The largest absolute Gasteiger partial charge is 0.471 e. The van der Waals surface area contributed by atoms with E-state index in [1.807, 2.05) is 4.98 Å². The molecule has 162 valence electrons. The summed E-state index contributed by atoms with van der Waals surface area (Å²) in [6.45, 7) is -1.26. The third-order valence-corrected chi connectivity index (χ3v) is 4.08. The molecule has 0 unspecified atom stereocenters. The van der Waals surface area contributed by atoms with Gasteiger partial charge >= 0.3 is 17.8 Å². The van der Waals surface area contributed by atoms with Crippen molar-refractivity contribution in [3.63, 3.8) is 0 Å². The lowest BCUT2D eigenvalue weighted by Gasteiger charge is -2.15. The fraction of sp³-hybridized carbons (Fsp3) is 0.600. The number of rotatable bonds is 7. The Balaban J connectivity index is 1.97. The molecule has 1 aliphatic heterocycles. The number of aliphatic hydroxyl groups is 2. The van der Waals surface area contributed by atoms with Crippen LogP contribution in [-0.4, -0.2) is 69.7 Å². The smallest absolute Gasteiger partial charge is 0.394 e. The van der Waals surface area contributed by atoms with Crippen LogP contribution in [0.2, 0.25) is 0 Å². The van der Waals surface area contributed by atoms with E-state index in [4.69, 9.17) is 9.84 Å². The van der Waals surface area contributed by atoms with Gasteiger partial charge in [0.1, 0.15) is 12.3 Å². The zero-order valence-electron chi connectivity index (χ0n) is 14.9. The minimum atomic E-state index is -5.03.